The molecular weight excluding hydrogens is 442 g/mol. The second-order valence-corrected chi connectivity index (χ2v) is 9.26. The van der Waals surface area contributed by atoms with E-state index in [1.54, 1.807) is 19.2 Å². The number of carbonyl (C=O) groups is 4. The van der Waals surface area contributed by atoms with Crippen LogP contribution in [0.4, 0.5) is 0 Å². The maximum absolute atomic E-state index is 12.7. The molecule has 2 aliphatic rings. The average molecular weight is 458 g/mol. The molecule has 2 aliphatic heterocycles. The van der Waals surface area contributed by atoms with Crippen LogP contribution in [-0.4, -0.2) is 57.7 Å². The van der Waals surface area contributed by atoms with E-state index >= 15 is 0 Å². The predicted molar refractivity (Wildman–Crippen MR) is 91.0 cm³/mol. The molecule has 1 N–H and O–H groups in total. The van der Waals surface area contributed by atoms with E-state index in [1.807, 2.05) is 0 Å². The van der Waals surface area contributed by atoms with Gasteiger partial charge in [0, 0.05) is 11.9 Å². The molecule has 2 saturated heterocycles. The first-order valence-corrected chi connectivity index (χ1v) is 9.70. The van der Waals surface area contributed by atoms with Crippen LogP contribution in [-0.2, 0) is 23.9 Å². The molecule has 2 unspecified atom stereocenters. The van der Waals surface area contributed by atoms with E-state index in [0.717, 1.165) is 16.7 Å². The number of fused-ring (bicyclic) bond motifs is 1. The summed E-state index contributed by atoms with van der Waals surface area (Å²) in [5.41, 5.74) is -1.63. The van der Waals surface area contributed by atoms with Crippen molar-refractivity contribution in [2.45, 2.75) is 41.7 Å². The number of carboxylic acid groups (broad SMARTS) is 2. The van der Waals surface area contributed by atoms with E-state index in [0.29, 0.717) is 0 Å². The number of amides is 2. The van der Waals surface area contributed by atoms with Crippen molar-refractivity contribution < 1.29 is 93.2 Å². The van der Waals surface area contributed by atoms with Crippen LogP contribution in [0.25, 0.3) is 0 Å². The Morgan fingerprint density at radius 3 is 2.34 bits per heavy atom. The van der Waals surface area contributed by atoms with Crippen LogP contribution in [0.3, 0.4) is 0 Å². The first-order valence-electron chi connectivity index (χ1n) is 7.88. The summed E-state index contributed by atoms with van der Waals surface area (Å²) in [6.07, 6.45) is 0. The van der Waals surface area contributed by atoms with Crippen molar-refractivity contribution >= 4 is 46.9 Å². The number of methoxy groups -OCH3 is 1. The molecule has 0 radical (unpaired) electrons. The van der Waals surface area contributed by atoms with E-state index in [9.17, 15) is 29.4 Å². The number of ether oxygens (including phenoxy) is 1. The molecule has 3 heterocycles. The number of β-lactam (4-membered cyclic amide) rings is 1. The summed E-state index contributed by atoms with van der Waals surface area (Å²) < 4.78 is 4.39. The Bertz CT molecular complexity index is 820. The minimum atomic E-state index is -1.85. The zero-order valence-corrected chi connectivity index (χ0v) is 22.2. The Kier molecular flexibility index (Phi) is 8.89. The maximum atomic E-state index is 12.7. The van der Waals surface area contributed by atoms with Gasteiger partial charge in [-0.1, -0.05) is 0 Å². The SMILES string of the molecule is CO[C@@]1(NC(=O)C(C(=O)[O-])c2ccsc2)C(=O)N2C(C(=O)[O-])C(C)(C)S[C@@H]21.[Na+].[Na+]. The first-order chi connectivity index (χ1) is 12.6. The normalized spacial score (nSPS) is 27.6. The molecule has 4 atom stereocenters. The Balaban J connectivity index is 0.00000210. The first kappa shape index (κ1) is 26.9. The molecule has 9 nitrogen and oxygen atoms in total. The molecule has 1 aromatic heterocycles. The molecule has 2 amide bonds. The largest absolute Gasteiger partial charge is 1.00 e. The summed E-state index contributed by atoms with van der Waals surface area (Å²) in [7, 11) is 1.19. The van der Waals surface area contributed by atoms with Gasteiger partial charge in [0.1, 0.15) is 11.3 Å². The van der Waals surface area contributed by atoms with E-state index < -0.39 is 51.6 Å². The van der Waals surface area contributed by atoms with Crippen LogP contribution < -0.4 is 74.6 Å². The van der Waals surface area contributed by atoms with Gasteiger partial charge in [-0.05, 0) is 36.2 Å². The molecule has 1 aromatic rings. The Morgan fingerprint density at radius 1 is 1.28 bits per heavy atom. The summed E-state index contributed by atoms with van der Waals surface area (Å²) in [5, 5.41) is 27.6. The minimum Gasteiger partial charge on any atom is -0.549 e. The van der Waals surface area contributed by atoms with Gasteiger partial charge in [0.05, 0.1) is 18.0 Å². The number of carboxylic acids is 2. The fourth-order valence-corrected chi connectivity index (χ4v) is 5.81. The molecule has 0 aliphatic carbocycles. The number of carbonyl (C=O) groups excluding carboxylic acids is 4. The Morgan fingerprint density at radius 2 is 1.90 bits per heavy atom. The fraction of sp³-hybridized carbons (Fsp3) is 0.500. The Labute approximate surface area is 219 Å². The predicted octanol–water partition coefficient (Wildman–Crippen LogP) is -8.14. The third kappa shape index (κ3) is 4.31. The number of aliphatic carboxylic acids is 2. The van der Waals surface area contributed by atoms with Crippen LogP contribution in [0.1, 0.15) is 25.3 Å². The van der Waals surface area contributed by atoms with Gasteiger partial charge in [-0.25, -0.2) is 0 Å². The standard InChI is InChI=1S/C16H18N2O7S2.2Na/c1-15(2)9(12(22)23)18-13(24)16(25-3,14(18)27-15)17-10(19)8(11(20)21)7-4-5-26-6-7;;/h4-6,8-9,14H,1-3H3,(H,17,19)(H,20,21)(H,22,23);;/q;2*+1/p-2/t8?,9?,14-,16+;;/m1../s1. The third-order valence-electron chi connectivity index (χ3n) is 4.73. The number of rotatable bonds is 6. The quantitative estimate of drug-likeness (QED) is 0.192. The van der Waals surface area contributed by atoms with E-state index in [1.165, 1.54) is 29.9 Å². The summed E-state index contributed by atoms with van der Waals surface area (Å²) in [4.78, 5) is 49.4. The molecule has 0 saturated carbocycles. The van der Waals surface area contributed by atoms with Crippen LogP contribution in [0.15, 0.2) is 16.8 Å². The van der Waals surface area contributed by atoms with Gasteiger partial charge in [-0.3, -0.25) is 9.59 Å². The van der Waals surface area contributed by atoms with Gasteiger partial charge >= 0.3 is 59.1 Å². The smallest absolute Gasteiger partial charge is 0.549 e. The molecule has 3 rings (SSSR count). The number of thioether (sulfide) groups is 1. The van der Waals surface area contributed by atoms with Gasteiger partial charge in [-0.2, -0.15) is 11.3 Å². The maximum Gasteiger partial charge on any atom is 1.00 e. The Hall–Kier alpha value is -0.110. The zero-order valence-electron chi connectivity index (χ0n) is 16.6. The number of hydrogen-bond acceptors (Lipinski definition) is 9. The second-order valence-electron chi connectivity index (χ2n) is 6.75. The van der Waals surface area contributed by atoms with Gasteiger partial charge in [0.15, 0.2) is 0 Å². The van der Waals surface area contributed by atoms with Gasteiger partial charge in [0.2, 0.25) is 5.91 Å². The van der Waals surface area contributed by atoms with Gasteiger partial charge in [-0.15, -0.1) is 11.8 Å². The van der Waals surface area contributed by atoms with Crippen molar-refractivity contribution in [3.8, 4) is 0 Å². The van der Waals surface area contributed by atoms with Gasteiger partial charge in [0.25, 0.3) is 11.6 Å². The van der Waals surface area contributed by atoms with E-state index in [-0.39, 0.29) is 64.7 Å². The average Bonchev–Trinajstić information content (AvgIpc) is 3.16. The summed E-state index contributed by atoms with van der Waals surface area (Å²) >= 11 is 2.34. The van der Waals surface area contributed by atoms with Crippen molar-refractivity contribution in [2.24, 2.45) is 0 Å². The van der Waals surface area contributed by atoms with Crippen molar-refractivity contribution in [3.63, 3.8) is 0 Å². The van der Waals surface area contributed by atoms with E-state index in [2.05, 4.69) is 5.32 Å². The minimum absolute atomic E-state index is 0. The number of nitrogens with zero attached hydrogens (tertiary/aromatic N) is 1. The van der Waals surface area contributed by atoms with Gasteiger partial charge < -0.3 is 34.8 Å². The van der Waals surface area contributed by atoms with Crippen LogP contribution in [0.5, 0.6) is 0 Å². The summed E-state index contributed by atoms with van der Waals surface area (Å²) in [6.45, 7) is 3.28. The molecule has 0 bridgehead atoms. The molecule has 0 spiro atoms. The van der Waals surface area contributed by atoms with Crippen molar-refractivity contribution in [3.05, 3.63) is 22.4 Å². The van der Waals surface area contributed by atoms with Crippen molar-refractivity contribution in [1.29, 1.82) is 0 Å². The fourth-order valence-electron chi connectivity index (χ4n) is 3.45. The number of nitrogens with one attached hydrogen (secondary N) is 1. The molecular formula is C16H16N2Na2O7S2. The third-order valence-corrected chi connectivity index (χ3v) is 7.05. The summed E-state index contributed by atoms with van der Waals surface area (Å²) in [5.74, 6) is -6.39. The molecule has 13 heteroatoms. The topological polar surface area (TPSA) is 139 Å². The summed E-state index contributed by atoms with van der Waals surface area (Å²) in [6, 6.07) is 0.271. The number of hydrogen-bond donors (Lipinski definition) is 1. The molecule has 29 heavy (non-hydrogen) atoms. The van der Waals surface area contributed by atoms with Crippen molar-refractivity contribution in [2.75, 3.05) is 7.11 Å². The van der Waals surface area contributed by atoms with Crippen LogP contribution >= 0.6 is 23.1 Å². The van der Waals surface area contributed by atoms with E-state index in [4.69, 9.17) is 4.74 Å². The van der Waals surface area contributed by atoms with Crippen molar-refractivity contribution in [1.82, 2.24) is 10.2 Å². The monoisotopic (exact) mass is 458 g/mol. The van der Waals surface area contributed by atoms with Crippen LogP contribution in [0, 0.1) is 0 Å². The van der Waals surface area contributed by atoms with Crippen LogP contribution in [0.2, 0.25) is 0 Å². The number of thiophene rings is 1. The molecule has 2 fully saturated rings. The second kappa shape index (κ2) is 9.58. The zero-order chi connectivity index (χ0) is 20.1. The molecule has 0 aromatic carbocycles. The molecule has 146 valence electrons.